The molecule has 1 saturated heterocycles. The highest BCUT2D eigenvalue weighted by molar-refractivity contribution is 8.26. The Labute approximate surface area is 181 Å². The second kappa shape index (κ2) is 10.4. The predicted octanol–water partition coefficient (Wildman–Crippen LogP) is 5.40. The van der Waals surface area contributed by atoms with Gasteiger partial charge >= 0.3 is 0 Å². The van der Waals surface area contributed by atoms with E-state index in [-0.39, 0.29) is 11.8 Å². The monoisotopic (exact) mass is 424 g/mol. The first-order valence-electron chi connectivity index (χ1n) is 9.70. The first-order valence-corrected chi connectivity index (χ1v) is 10.9. The number of nitrogens with one attached hydrogen (secondary N) is 1. The van der Waals surface area contributed by atoms with Gasteiger partial charge in [0.05, 0.1) is 4.91 Å². The molecule has 2 aromatic carbocycles. The molecule has 0 bridgehead atoms. The lowest BCUT2D eigenvalue weighted by molar-refractivity contribution is -0.122. The molecule has 4 nitrogen and oxygen atoms in total. The summed E-state index contributed by atoms with van der Waals surface area (Å²) in [4.78, 5) is 27.0. The minimum Gasteiger partial charge on any atom is -0.326 e. The lowest BCUT2D eigenvalue weighted by Gasteiger charge is -2.14. The molecule has 0 radical (unpaired) electrons. The zero-order valence-electron chi connectivity index (χ0n) is 16.4. The summed E-state index contributed by atoms with van der Waals surface area (Å²) in [5.74, 6) is -0.00904. The van der Waals surface area contributed by atoms with Crippen LogP contribution in [0.5, 0.6) is 0 Å². The average Bonchev–Trinajstić information content (AvgIpc) is 2.97. The number of para-hydroxylation sites is 1. The molecule has 0 atom stereocenters. The Bertz CT molecular complexity index is 908. The molecule has 0 saturated carbocycles. The molecule has 2 amide bonds. The highest BCUT2D eigenvalue weighted by Crippen LogP contribution is 2.32. The number of aryl methyl sites for hydroxylation is 1. The lowest BCUT2D eigenvalue weighted by Crippen LogP contribution is -2.29. The van der Waals surface area contributed by atoms with Crippen LogP contribution in [-0.4, -0.2) is 27.6 Å². The zero-order valence-corrected chi connectivity index (χ0v) is 18.0. The van der Waals surface area contributed by atoms with Gasteiger partial charge in [-0.15, -0.1) is 0 Å². The number of nitrogens with zero attached hydrogens (tertiary/aromatic N) is 1. The van der Waals surface area contributed by atoms with Gasteiger partial charge in [-0.05, 0) is 43.5 Å². The van der Waals surface area contributed by atoms with E-state index in [1.165, 1.54) is 17.3 Å². The molecule has 0 spiro atoms. The summed E-state index contributed by atoms with van der Waals surface area (Å²) in [6.45, 7) is 2.63. The summed E-state index contributed by atoms with van der Waals surface area (Å²) in [6.07, 6.45) is 4.85. The third kappa shape index (κ3) is 6.27. The maximum absolute atomic E-state index is 12.6. The van der Waals surface area contributed by atoms with E-state index in [0.717, 1.165) is 30.5 Å². The fourth-order valence-corrected chi connectivity index (χ4v) is 4.29. The van der Waals surface area contributed by atoms with Crippen molar-refractivity contribution in [2.24, 2.45) is 0 Å². The van der Waals surface area contributed by atoms with Gasteiger partial charge < -0.3 is 5.32 Å². The summed E-state index contributed by atoms with van der Waals surface area (Å²) < 4.78 is 0.607. The number of carbonyl (C=O) groups excluding carboxylic acids is 2. The van der Waals surface area contributed by atoms with E-state index in [2.05, 4.69) is 5.32 Å². The number of rotatable bonds is 8. The molecule has 29 heavy (non-hydrogen) atoms. The molecule has 1 aliphatic heterocycles. The maximum atomic E-state index is 12.6. The molecule has 1 fully saturated rings. The number of thiocarbonyl (C=S) groups is 1. The molecule has 1 aliphatic rings. The van der Waals surface area contributed by atoms with Crippen LogP contribution in [0.3, 0.4) is 0 Å². The van der Waals surface area contributed by atoms with Gasteiger partial charge in [0.2, 0.25) is 5.91 Å². The molecule has 1 N–H and O–H groups in total. The molecule has 3 rings (SSSR count). The van der Waals surface area contributed by atoms with Crippen LogP contribution in [0.2, 0.25) is 0 Å². The standard InChI is InChI=1S/C23H24N2O2S2/c1-17-11-13-18(14-12-17)16-20-22(27)25(23(28)29-20)15-7-3-6-10-21(26)24-19-8-4-2-5-9-19/h2,4-5,8-9,11-14,16H,3,6-7,10,15H2,1H3,(H,24,26)/b20-16-. The van der Waals surface area contributed by atoms with Gasteiger partial charge in [-0.3, -0.25) is 14.5 Å². The van der Waals surface area contributed by atoms with Crippen molar-refractivity contribution >= 4 is 51.9 Å². The minimum absolute atomic E-state index is 0.0165. The van der Waals surface area contributed by atoms with Gasteiger partial charge in [0.25, 0.3) is 5.91 Å². The van der Waals surface area contributed by atoms with Crippen LogP contribution >= 0.6 is 24.0 Å². The van der Waals surface area contributed by atoms with Gasteiger partial charge in [0, 0.05) is 18.7 Å². The summed E-state index contributed by atoms with van der Waals surface area (Å²) >= 11 is 6.74. The van der Waals surface area contributed by atoms with Gasteiger partial charge in [0.1, 0.15) is 4.32 Å². The fraction of sp³-hybridized carbons (Fsp3) is 0.261. The molecular weight excluding hydrogens is 400 g/mol. The van der Waals surface area contributed by atoms with Gasteiger partial charge in [-0.25, -0.2) is 0 Å². The first kappa shape index (κ1) is 21.3. The summed E-state index contributed by atoms with van der Waals surface area (Å²) in [5, 5.41) is 2.89. The van der Waals surface area contributed by atoms with Crippen molar-refractivity contribution in [3.63, 3.8) is 0 Å². The summed E-state index contributed by atoms with van der Waals surface area (Å²) in [6, 6.07) is 17.5. The topological polar surface area (TPSA) is 49.4 Å². The molecule has 0 unspecified atom stereocenters. The van der Waals surface area contributed by atoms with E-state index in [1.807, 2.05) is 67.6 Å². The largest absolute Gasteiger partial charge is 0.326 e. The molecule has 0 aliphatic carbocycles. The quantitative estimate of drug-likeness (QED) is 0.350. The van der Waals surface area contributed by atoms with Crippen molar-refractivity contribution < 1.29 is 9.59 Å². The lowest BCUT2D eigenvalue weighted by atomic mass is 10.1. The Morgan fingerprint density at radius 1 is 1.07 bits per heavy atom. The highest BCUT2D eigenvalue weighted by Gasteiger charge is 2.31. The van der Waals surface area contributed by atoms with Crippen molar-refractivity contribution in [3.05, 3.63) is 70.6 Å². The van der Waals surface area contributed by atoms with Gasteiger partial charge in [-0.1, -0.05) is 78.4 Å². The van der Waals surface area contributed by atoms with Crippen molar-refractivity contribution in [1.29, 1.82) is 0 Å². The number of carbonyl (C=O) groups is 2. The highest BCUT2D eigenvalue weighted by atomic mass is 32.2. The number of unbranched alkanes of at least 4 members (excludes halogenated alkanes) is 2. The first-order chi connectivity index (χ1) is 14.0. The molecule has 150 valence electrons. The van der Waals surface area contributed by atoms with E-state index < -0.39 is 0 Å². The molecule has 0 aromatic heterocycles. The number of amides is 2. The Kier molecular flexibility index (Phi) is 7.61. The normalized spacial score (nSPS) is 15.2. The van der Waals surface area contributed by atoms with E-state index in [1.54, 1.807) is 4.90 Å². The van der Waals surface area contributed by atoms with Crippen molar-refractivity contribution in [2.75, 3.05) is 11.9 Å². The smallest absolute Gasteiger partial charge is 0.266 e. The van der Waals surface area contributed by atoms with Gasteiger partial charge in [0.15, 0.2) is 0 Å². The number of hydrogen-bond donors (Lipinski definition) is 1. The number of hydrogen-bond acceptors (Lipinski definition) is 4. The number of anilines is 1. The SMILES string of the molecule is Cc1ccc(/C=C2\SC(=S)N(CCCCCC(=O)Nc3ccccc3)C2=O)cc1. The van der Waals surface area contributed by atoms with Crippen LogP contribution in [0.4, 0.5) is 5.69 Å². The number of benzene rings is 2. The van der Waals surface area contributed by atoms with E-state index in [9.17, 15) is 9.59 Å². The van der Waals surface area contributed by atoms with Crippen LogP contribution in [0.1, 0.15) is 36.8 Å². The minimum atomic E-state index is -0.0256. The number of thioether (sulfide) groups is 1. The summed E-state index contributed by atoms with van der Waals surface area (Å²) in [5.41, 5.74) is 3.00. The molecular formula is C23H24N2O2S2. The van der Waals surface area contributed by atoms with Crippen LogP contribution in [0.25, 0.3) is 6.08 Å². The van der Waals surface area contributed by atoms with E-state index >= 15 is 0 Å². The van der Waals surface area contributed by atoms with Crippen molar-refractivity contribution in [2.45, 2.75) is 32.6 Å². The van der Waals surface area contributed by atoms with E-state index in [0.29, 0.717) is 22.2 Å². The summed E-state index contributed by atoms with van der Waals surface area (Å²) in [7, 11) is 0. The zero-order chi connectivity index (χ0) is 20.6. The maximum Gasteiger partial charge on any atom is 0.266 e. The molecule has 1 heterocycles. The Morgan fingerprint density at radius 2 is 1.79 bits per heavy atom. The van der Waals surface area contributed by atoms with E-state index in [4.69, 9.17) is 12.2 Å². The molecule has 6 heteroatoms. The predicted molar refractivity (Wildman–Crippen MR) is 125 cm³/mol. The van der Waals surface area contributed by atoms with Crippen LogP contribution in [0, 0.1) is 6.92 Å². The Hall–Kier alpha value is -2.44. The van der Waals surface area contributed by atoms with Crippen LogP contribution < -0.4 is 5.32 Å². The van der Waals surface area contributed by atoms with Crippen LogP contribution in [-0.2, 0) is 9.59 Å². The average molecular weight is 425 g/mol. The Balaban J connectivity index is 1.41. The third-order valence-corrected chi connectivity index (χ3v) is 5.97. The second-order valence-corrected chi connectivity index (χ2v) is 8.64. The van der Waals surface area contributed by atoms with Crippen LogP contribution in [0.15, 0.2) is 59.5 Å². The fourth-order valence-electron chi connectivity index (χ4n) is 2.98. The molecule has 2 aromatic rings. The second-order valence-electron chi connectivity index (χ2n) is 6.97. The third-order valence-electron chi connectivity index (χ3n) is 4.59. The van der Waals surface area contributed by atoms with Crippen molar-refractivity contribution in [1.82, 2.24) is 4.90 Å². The van der Waals surface area contributed by atoms with Crippen molar-refractivity contribution in [3.8, 4) is 0 Å². The van der Waals surface area contributed by atoms with Gasteiger partial charge in [-0.2, -0.15) is 0 Å². The Morgan fingerprint density at radius 3 is 2.52 bits per heavy atom.